The van der Waals surface area contributed by atoms with Crippen LogP contribution in [-0.2, 0) is 4.79 Å². The molecule has 2 heterocycles. The number of hydrogen-bond donors (Lipinski definition) is 2. The largest absolute Gasteiger partial charge is 0.322 e. The highest BCUT2D eigenvalue weighted by molar-refractivity contribution is 5.97. The zero-order valence-corrected chi connectivity index (χ0v) is 14.5. The van der Waals surface area contributed by atoms with Gasteiger partial charge in [-0.3, -0.25) is 14.8 Å². The fraction of sp³-hybridized carbons (Fsp3) is 0.200. The van der Waals surface area contributed by atoms with Crippen molar-refractivity contribution >= 4 is 34.6 Å². The van der Waals surface area contributed by atoms with Crippen LogP contribution in [0.3, 0.4) is 0 Å². The van der Waals surface area contributed by atoms with Gasteiger partial charge in [-0.1, -0.05) is 18.2 Å². The van der Waals surface area contributed by atoms with Gasteiger partial charge in [0.05, 0.1) is 23.4 Å². The van der Waals surface area contributed by atoms with E-state index in [1.165, 1.54) is 18.2 Å². The lowest BCUT2D eigenvalue weighted by atomic mass is 10.1. The van der Waals surface area contributed by atoms with Gasteiger partial charge in [0.25, 0.3) is 0 Å². The first-order chi connectivity index (χ1) is 13.1. The van der Waals surface area contributed by atoms with Crippen LogP contribution in [-0.4, -0.2) is 40.6 Å². The number of aromatic nitrogens is 2. The fourth-order valence-electron chi connectivity index (χ4n) is 2.96. The zero-order valence-electron chi connectivity index (χ0n) is 14.5. The average molecular weight is 368 g/mol. The highest BCUT2D eigenvalue weighted by atomic mass is 19.1. The molecule has 5 nitrogen and oxygen atoms in total. The van der Waals surface area contributed by atoms with Gasteiger partial charge in [0, 0.05) is 11.5 Å². The molecular formula is C20H18F2N4O. The number of amides is 1. The Hall–Kier alpha value is -3.06. The van der Waals surface area contributed by atoms with Gasteiger partial charge in [-0.05, 0) is 49.3 Å². The molecule has 1 aromatic heterocycles. The van der Waals surface area contributed by atoms with Crippen LogP contribution in [0.15, 0.2) is 36.4 Å². The molecule has 0 saturated carbocycles. The lowest BCUT2D eigenvalue weighted by molar-refractivity contribution is -0.118. The Balaban J connectivity index is 1.57. The first-order valence-electron chi connectivity index (χ1n) is 8.72. The van der Waals surface area contributed by atoms with Crippen LogP contribution in [0.4, 0.5) is 14.5 Å². The zero-order chi connectivity index (χ0) is 18.8. The smallest absolute Gasteiger partial charge is 0.238 e. The summed E-state index contributed by atoms with van der Waals surface area (Å²) < 4.78 is 27.3. The Bertz CT molecular complexity index is 1010. The van der Waals surface area contributed by atoms with Crippen molar-refractivity contribution in [2.45, 2.75) is 6.42 Å². The second kappa shape index (κ2) is 7.28. The number of benzene rings is 2. The number of likely N-dealkylation sites (tertiary alicyclic amines) is 1. The summed E-state index contributed by atoms with van der Waals surface area (Å²) in [5, 5.41) is 10.3. The van der Waals surface area contributed by atoms with Crippen molar-refractivity contribution < 1.29 is 13.6 Å². The number of carbonyl (C=O) groups excluding carboxylic acids is 1. The van der Waals surface area contributed by atoms with E-state index in [2.05, 4.69) is 15.5 Å². The molecule has 4 rings (SSSR count). The molecule has 2 N–H and O–H groups in total. The Kier molecular flexibility index (Phi) is 4.68. The number of nitrogens with zero attached hydrogens (tertiary/aromatic N) is 2. The maximum Gasteiger partial charge on any atom is 0.238 e. The number of H-pyrrole nitrogens is 1. The minimum absolute atomic E-state index is 0.130. The van der Waals surface area contributed by atoms with E-state index in [4.69, 9.17) is 0 Å². The lowest BCUT2D eigenvalue weighted by Crippen LogP contribution is -2.42. The predicted octanol–water partition coefficient (Wildman–Crippen LogP) is 3.66. The summed E-state index contributed by atoms with van der Waals surface area (Å²) in [5.41, 5.74) is 2.09. The van der Waals surface area contributed by atoms with Crippen molar-refractivity contribution in [3.8, 4) is 0 Å². The van der Waals surface area contributed by atoms with E-state index < -0.39 is 5.82 Å². The van der Waals surface area contributed by atoms with Gasteiger partial charge in [-0.25, -0.2) is 8.78 Å². The van der Waals surface area contributed by atoms with E-state index in [9.17, 15) is 13.6 Å². The fourth-order valence-corrected chi connectivity index (χ4v) is 2.96. The maximum atomic E-state index is 14.3. The van der Waals surface area contributed by atoms with E-state index in [1.54, 1.807) is 30.4 Å². The van der Waals surface area contributed by atoms with Crippen LogP contribution in [0.5, 0.6) is 0 Å². The summed E-state index contributed by atoms with van der Waals surface area (Å²) in [6.07, 6.45) is 4.64. The standard InChI is InChI=1S/C20H18F2N4O/c21-14-5-2-13(3-6-14)4-7-17-15-10-19(16(22)11-18(15)25-24-17)23-20(27)12-26-8-1-9-26/h2-7,10-11H,1,8-9,12H2,(H,23,27)(H,24,25). The third-order valence-electron chi connectivity index (χ3n) is 4.57. The topological polar surface area (TPSA) is 61.0 Å². The minimum atomic E-state index is -0.517. The van der Waals surface area contributed by atoms with Crippen molar-refractivity contribution in [2.75, 3.05) is 25.0 Å². The van der Waals surface area contributed by atoms with Crippen molar-refractivity contribution in [3.05, 3.63) is 59.3 Å². The van der Waals surface area contributed by atoms with E-state index in [1.807, 2.05) is 4.90 Å². The third kappa shape index (κ3) is 3.88. The van der Waals surface area contributed by atoms with E-state index in [-0.39, 0.29) is 24.0 Å². The molecule has 27 heavy (non-hydrogen) atoms. The SMILES string of the molecule is O=C(CN1CCC1)Nc1cc2c(C=Cc3ccc(F)cc3)n[nH]c2cc1F. The van der Waals surface area contributed by atoms with Gasteiger partial charge in [0.15, 0.2) is 0 Å². The molecule has 1 fully saturated rings. The maximum absolute atomic E-state index is 14.3. The molecule has 2 aromatic carbocycles. The van der Waals surface area contributed by atoms with Crippen LogP contribution in [0.1, 0.15) is 17.7 Å². The quantitative estimate of drug-likeness (QED) is 0.723. The Morgan fingerprint density at radius 1 is 1.19 bits per heavy atom. The highest BCUT2D eigenvalue weighted by Gasteiger charge is 2.18. The molecule has 0 bridgehead atoms. The van der Waals surface area contributed by atoms with Crippen molar-refractivity contribution in [2.24, 2.45) is 0 Å². The van der Waals surface area contributed by atoms with Crippen LogP contribution in [0, 0.1) is 11.6 Å². The second-order valence-electron chi connectivity index (χ2n) is 6.55. The van der Waals surface area contributed by atoms with Gasteiger partial charge < -0.3 is 5.32 Å². The van der Waals surface area contributed by atoms with Gasteiger partial charge in [0.2, 0.25) is 5.91 Å². The summed E-state index contributed by atoms with van der Waals surface area (Å²) in [4.78, 5) is 14.1. The molecule has 1 aliphatic rings. The van der Waals surface area contributed by atoms with Crippen molar-refractivity contribution in [1.82, 2.24) is 15.1 Å². The molecule has 0 atom stereocenters. The van der Waals surface area contributed by atoms with Crippen molar-refractivity contribution in [3.63, 3.8) is 0 Å². The number of carbonyl (C=O) groups is 1. The van der Waals surface area contributed by atoms with Gasteiger partial charge in [-0.2, -0.15) is 5.10 Å². The first-order valence-corrected chi connectivity index (χ1v) is 8.72. The number of aromatic amines is 1. The predicted molar refractivity (Wildman–Crippen MR) is 101 cm³/mol. The molecule has 0 unspecified atom stereocenters. The molecule has 3 aromatic rings. The second-order valence-corrected chi connectivity index (χ2v) is 6.55. The molecule has 0 aliphatic carbocycles. The number of rotatable bonds is 5. The van der Waals surface area contributed by atoms with Crippen LogP contribution in [0.25, 0.3) is 23.1 Å². The molecule has 1 amide bonds. The summed E-state index contributed by atoms with van der Waals surface area (Å²) >= 11 is 0. The number of nitrogens with one attached hydrogen (secondary N) is 2. The number of hydrogen-bond acceptors (Lipinski definition) is 3. The Morgan fingerprint density at radius 2 is 1.96 bits per heavy atom. The van der Waals surface area contributed by atoms with Gasteiger partial charge >= 0.3 is 0 Å². The van der Waals surface area contributed by atoms with E-state index in [0.29, 0.717) is 16.6 Å². The highest BCUT2D eigenvalue weighted by Crippen LogP contribution is 2.25. The molecular weight excluding hydrogens is 350 g/mol. The summed E-state index contributed by atoms with van der Waals surface area (Å²) in [6.45, 7) is 2.06. The van der Waals surface area contributed by atoms with E-state index in [0.717, 1.165) is 25.1 Å². The number of anilines is 1. The molecule has 138 valence electrons. The summed E-state index contributed by atoms with van der Waals surface area (Å²) in [7, 11) is 0. The lowest BCUT2D eigenvalue weighted by Gasteiger charge is -2.29. The van der Waals surface area contributed by atoms with Gasteiger partial charge in [0.1, 0.15) is 11.6 Å². The molecule has 0 radical (unpaired) electrons. The monoisotopic (exact) mass is 368 g/mol. The minimum Gasteiger partial charge on any atom is -0.322 e. The Labute approximate surface area is 154 Å². The first kappa shape index (κ1) is 17.4. The van der Waals surface area contributed by atoms with Crippen molar-refractivity contribution in [1.29, 1.82) is 0 Å². The van der Waals surface area contributed by atoms with Crippen LogP contribution >= 0.6 is 0 Å². The molecule has 7 heteroatoms. The van der Waals surface area contributed by atoms with E-state index >= 15 is 0 Å². The van der Waals surface area contributed by atoms with Gasteiger partial charge in [-0.15, -0.1) is 0 Å². The summed E-state index contributed by atoms with van der Waals surface area (Å²) in [5.74, 6) is -1.05. The molecule has 0 spiro atoms. The molecule has 1 aliphatic heterocycles. The summed E-state index contributed by atoms with van der Waals surface area (Å²) in [6, 6.07) is 8.96. The van der Waals surface area contributed by atoms with Crippen LogP contribution in [0.2, 0.25) is 0 Å². The average Bonchev–Trinajstić information content (AvgIpc) is 3.00. The Morgan fingerprint density at radius 3 is 2.67 bits per heavy atom. The number of fused-ring (bicyclic) bond motifs is 1. The number of halogens is 2. The van der Waals surface area contributed by atoms with Crippen LogP contribution < -0.4 is 5.32 Å². The molecule has 1 saturated heterocycles. The third-order valence-corrected chi connectivity index (χ3v) is 4.57. The normalized spacial score (nSPS) is 14.6.